The molecule has 1 amide bonds. The summed E-state index contributed by atoms with van der Waals surface area (Å²) in [6.07, 6.45) is 1.52. The molecule has 0 radical (unpaired) electrons. The van der Waals surface area contributed by atoms with E-state index in [1.807, 2.05) is 55.7 Å². The fourth-order valence-electron chi connectivity index (χ4n) is 3.38. The molecule has 0 atom stereocenters. The SMILES string of the molecule is Cc1c(Cl)cccc1-n1c(C)cc(/C=C(/C#N)C(=O)Nc2cccc(C(=O)O)c2)c1C. The number of carboxylic acid groups (broad SMARTS) is 1. The third-order valence-corrected chi connectivity index (χ3v) is 5.39. The number of hydrogen-bond acceptors (Lipinski definition) is 3. The molecule has 0 aliphatic rings. The van der Waals surface area contributed by atoms with Gasteiger partial charge in [0.05, 0.1) is 5.56 Å². The number of aromatic carboxylic acids is 1. The highest BCUT2D eigenvalue weighted by molar-refractivity contribution is 6.31. The van der Waals surface area contributed by atoms with E-state index in [0.29, 0.717) is 10.7 Å². The Morgan fingerprint density at radius 2 is 1.84 bits per heavy atom. The number of nitrogens with one attached hydrogen (secondary N) is 1. The average Bonchev–Trinajstić information content (AvgIpc) is 3.01. The number of nitrogens with zero attached hydrogens (tertiary/aromatic N) is 2. The zero-order valence-corrected chi connectivity index (χ0v) is 18.0. The van der Waals surface area contributed by atoms with Gasteiger partial charge in [-0.2, -0.15) is 5.26 Å². The first kappa shape index (κ1) is 21.9. The zero-order chi connectivity index (χ0) is 22.7. The van der Waals surface area contributed by atoms with Crippen molar-refractivity contribution in [2.24, 2.45) is 0 Å². The number of nitriles is 1. The van der Waals surface area contributed by atoms with E-state index in [2.05, 4.69) is 5.32 Å². The third-order valence-electron chi connectivity index (χ3n) is 4.98. The Morgan fingerprint density at radius 3 is 2.52 bits per heavy atom. The van der Waals surface area contributed by atoms with Crippen molar-refractivity contribution < 1.29 is 14.7 Å². The molecule has 7 heteroatoms. The highest BCUT2D eigenvalue weighted by Gasteiger charge is 2.16. The van der Waals surface area contributed by atoms with Crippen LogP contribution in [-0.4, -0.2) is 21.6 Å². The number of carbonyl (C=O) groups excluding carboxylic acids is 1. The van der Waals surface area contributed by atoms with Crippen LogP contribution in [0.4, 0.5) is 5.69 Å². The second-order valence-corrected chi connectivity index (χ2v) is 7.46. The van der Waals surface area contributed by atoms with Gasteiger partial charge >= 0.3 is 5.97 Å². The minimum atomic E-state index is -1.10. The lowest BCUT2D eigenvalue weighted by Crippen LogP contribution is -2.14. The van der Waals surface area contributed by atoms with E-state index >= 15 is 0 Å². The highest BCUT2D eigenvalue weighted by Crippen LogP contribution is 2.28. The van der Waals surface area contributed by atoms with Crippen LogP contribution in [0.3, 0.4) is 0 Å². The molecule has 0 aliphatic carbocycles. The molecule has 31 heavy (non-hydrogen) atoms. The summed E-state index contributed by atoms with van der Waals surface area (Å²) in [7, 11) is 0. The first-order valence-electron chi connectivity index (χ1n) is 9.44. The van der Waals surface area contributed by atoms with E-state index in [0.717, 1.165) is 28.2 Å². The molecular formula is C24H20ClN3O3. The van der Waals surface area contributed by atoms with Gasteiger partial charge in [-0.05, 0) is 74.4 Å². The van der Waals surface area contributed by atoms with Gasteiger partial charge < -0.3 is 15.0 Å². The van der Waals surface area contributed by atoms with Crippen LogP contribution in [-0.2, 0) is 4.79 Å². The van der Waals surface area contributed by atoms with Gasteiger partial charge in [-0.3, -0.25) is 4.79 Å². The number of hydrogen-bond donors (Lipinski definition) is 2. The number of aryl methyl sites for hydroxylation is 1. The van der Waals surface area contributed by atoms with E-state index < -0.39 is 11.9 Å². The fourth-order valence-corrected chi connectivity index (χ4v) is 3.54. The lowest BCUT2D eigenvalue weighted by Gasteiger charge is -2.13. The maximum Gasteiger partial charge on any atom is 0.335 e. The molecule has 0 saturated heterocycles. The van der Waals surface area contributed by atoms with Crippen molar-refractivity contribution in [1.82, 2.24) is 4.57 Å². The summed E-state index contributed by atoms with van der Waals surface area (Å²) in [4.78, 5) is 23.7. The van der Waals surface area contributed by atoms with Crippen LogP contribution in [0, 0.1) is 32.1 Å². The minimum absolute atomic E-state index is 0.0423. The summed E-state index contributed by atoms with van der Waals surface area (Å²) in [6.45, 7) is 5.78. The fraction of sp³-hybridized carbons (Fsp3) is 0.125. The molecule has 0 aliphatic heterocycles. The van der Waals surface area contributed by atoms with Crippen molar-refractivity contribution in [1.29, 1.82) is 5.26 Å². The number of halogens is 1. The number of aromatic nitrogens is 1. The monoisotopic (exact) mass is 433 g/mol. The maximum atomic E-state index is 12.6. The summed E-state index contributed by atoms with van der Waals surface area (Å²) >= 11 is 6.27. The van der Waals surface area contributed by atoms with Crippen LogP contribution in [0.25, 0.3) is 11.8 Å². The topological polar surface area (TPSA) is 95.1 Å². The van der Waals surface area contributed by atoms with Gasteiger partial charge in [0.1, 0.15) is 11.6 Å². The van der Waals surface area contributed by atoms with Crippen LogP contribution >= 0.6 is 11.6 Å². The predicted molar refractivity (Wildman–Crippen MR) is 121 cm³/mol. The Kier molecular flexibility index (Phi) is 6.28. The maximum absolute atomic E-state index is 12.6. The van der Waals surface area contributed by atoms with Gasteiger partial charge in [0.15, 0.2) is 0 Å². The summed E-state index contributed by atoms with van der Waals surface area (Å²) in [6, 6.07) is 15.3. The molecular weight excluding hydrogens is 414 g/mol. The minimum Gasteiger partial charge on any atom is -0.478 e. The van der Waals surface area contributed by atoms with Crippen LogP contribution in [0.5, 0.6) is 0 Å². The molecule has 0 spiro atoms. The molecule has 0 unspecified atom stereocenters. The van der Waals surface area contributed by atoms with Crippen molar-refractivity contribution in [3.8, 4) is 11.8 Å². The van der Waals surface area contributed by atoms with E-state index in [1.165, 1.54) is 24.3 Å². The van der Waals surface area contributed by atoms with Gasteiger partial charge in [0, 0.05) is 27.8 Å². The first-order chi connectivity index (χ1) is 14.7. The molecule has 3 aromatic rings. The number of benzene rings is 2. The van der Waals surface area contributed by atoms with E-state index in [9.17, 15) is 14.9 Å². The lowest BCUT2D eigenvalue weighted by molar-refractivity contribution is -0.112. The van der Waals surface area contributed by atoms with E-state index in [-0.39, 0.29) is 11.1 Å². The Balaban J connectivity index is 1.95. The van der Waals surface area contributed by atoms with Gasteiger partial charge in [0.2, 0.25) is 0 Å². The van der Waals surface area contributed by atoms with Gasteiger partial charge in [-0.15, -0.1) is 0 Å². The number of anilines is 1. The summed E-state index contributed by atoms with van der Waals surface area (Å²) in [5, 5.41) is 21.9. The quantitative estimate of drug-likeness (QED) is 0.421. The van der Waals surface area contributed by atoms with E-state index in [1.54, 1.807) is 6.07 Å². The van der Waals surface area contributed by atoms with Gasteiger partial charge in [-0.25, -0.2) is 4.79 Å². The first-order valence-corrected chi connectivity index (χ1v) is 9.81. The van der Waals surface area contributed by atoms with E-state index in [4.69, 9.17) is 16.7 Å². The van der Waals surface area contributed by atoms with Crippen molar-refractivity contribution in [2.75, 3.05) is 5.32 Å². The Hall–Kier alpha value is -3.82. The molecule has 1 heterocycles. The number of rotatable bonds is 5. The zero-order valence-electron chi connectivity index (χ0n) is 17.2. The van der Waals surface area contributed by atoms with Crippen molar-refractivity contribution >= 4 is 35.2 Å². The molecule has 2 aromatic carbocycles. The molecule has 1 aromatic heterocycles. The predicted octanol–water partition coefficient (Wildman–Crippen LogP) is 5.30. The summed E-state index contributed by atoms with van der Waals surface area (Å²) in [5.74, 6) is -1.72. The summed E-state index contributed by atoms with van der Waals surface area (Å²) < 4.78 is 2.02. The Bertz CT molecular complexity index is 1270. The molecule has 0 saturated carbocycles. The number of amides is 1. The smallest absolute Gasteiger partial charge is 0.335 e. The largest absolute Gasteiger partial charge is 0.478 e. The normalized spacial score (nSPS) is 11.1. The highest BCUT2D eigenvalue weighted by atomic mass is 35.5. The Morgan fingerprint density at radius 1 is 1.13 bits per heavy atom. The molecule has 0 fully saturated rings. The second-order valence-electron chi connectivity index (χ2n) is 7.06. The van der Waals surface area contributed by atoms with Crippen LogP contribution in [0.1, 0.15) is 32.9 Å². The summed E-state index contributed by atoms with van der Waals surface area (Å²) in [5.41, 5.74) is 4.62. The second kappa shape index (κ2) is 8.90. The molecule has 3 rings (SSSR count). The molecule has 2 N–H and O–H groups in total. The van der Waals surface area contributed by atoms with Gasteiger partial charge in [-0.1, -0.05) is 23.7 Å². The number of carbonyl (C=O) groups is 2. The van der Waals surface area contributed by atoms with Crippen LogP contribution in [0.2, 0.25) is 5.02 Å². The number of carboxylic acids is 1. The average molecular weight is 434 g/mol. The van der Waals surface area contributed by atoms with Crippen LogP contribution < -0.4 is 5.32 Å². The van der Waals surface area contributed by atoms with Crippen molar-refractivity contribution in [2.45, 2.75) is 20.8 Å². The lowest BCUT2D eigenvalue weighted by atomic mass is 10.1. The Labute approximate surface area is 185 Å². The standard InChI is InChI=1S/C24H20ClN3O3/c1-14-10-18(16(3)28(14)22-9-5-8-21(25)15(22)2)11-19(13-26)23(29)27-20-7-4-6-17(12-20)24(30)31/h4-12H,1-3H3,(H,27,29)(H,30,31)/b19-11-. The molecule has 0 bridgehead atoms. The van der Waals surface area contributed by atoms with Crippen LogP contribution in [0.15, 0.2) is 54.1 Å². The molecule has 156 valence electrons. The van der Waals surface area contributed by atoms with Crippen molar-refractivity contribution in [3.63, 3.8) is 0 Å². The molecule has 6 nitrogen and oxygen atoms in total. The third kappa shape index (κ3) is 4.52. The van der Waals surface area contributed by atoms with Crippen molar-refractivity contribution in [3.05, 3.63) is 87.2 Å². The van der Waals surface area contributed by atoms with Gasteiger partial charge in [0.25, 0.3) is 5.91 Å².